The standard InChI is InChI=1S/C24H21ClN2O3/c1-15-20(23(28)26-12-6-9-16-7-3-2-4-8-16)21(17-10-5-11-18(25)13-17)22-19(27-15)14-30-24(22)29/h2-11,13,21,27H,12,14H2,1H3,(H,26,28). The second kappa shape index (κ2) is 8.59. The van der Waals surface area contributed by atoms with Crippen LogP contribution in [0.15, 0.2) is 83.2 Å². The third-order valence-corrected chi connectivity index (χ3v) is 5.36. The van der Waals surface area contributed by atoms with E-state index in [1.165, 1.54) is 0 Å². The predicted molar refractivity (Wildman–Crippen MR) is 116 cm³/mol. The number of ether oxygens (including phenoxy) is 1. The van der Waals surface area contributed by atoms with Crippen molar-refractivity contribution in [3.63, 3.8) is 0 Å². The monoisotopic (exact) mass is 420 g/mol. The fraction of sp³-hybridized carbons (Fsp3) is 0.167. The summed E-state index contributed by atoms with van der Waals surface area (Å²) in [7, 11) is 0. The summed E-state index contributed by atoms with van der Waals surface area (Å²) in [5, 5.41) is 6.65. The lowest BCUT2D eigenvalue weighted by atomic mass is 9.80. The summed E-state index contributed by atoms with van der Waals surface area (Å²) in [5.74, 6) is -1.19. The maximum atomic E-state index is 13.1. The molecule has 0 fully saturated rings. The SMILES string of the molecule is CC1=C(C(=O)NCC=Cc2ccccc2)C(c2cccc(Cl)c2)C2=C(COC2=O)N1. The molecule has 30 heavy (non-hydrogen) atoms. The Balaban J connectivity index is 1.59. The summed E-state index contributed by atoms with van der Waals surface area (Å²) in [6.45, 7) is 2.37. The molecule has 4 rings (SSSR count). The number of dihydropyridines is 1. The second-order valence-corrected chi connectivity index (χ2v) is 7.58. The summed E-state index contributed by atoms with van der Waals surface area (Å²) in [6, 6.07) is 17.1. The number of allylic oxidation sites excluding steroid dienone is 1. The fourth-order valence-electron chi connectivity index (χ4n) is 3.79. The van der Waals surface area contributed by atoms with Crippen LogP contribution in [0.3, 0.4) is 0 Å². The van der Waals surface area contributed by atoms with Gasteiger partial charge in [-0.2, -0.15) is 0 Å². The minimum Gasteiger partial charge on any atom is -0.456 e. The van der Waals surface area contributed by atoms with Gasteiger partial charge in [-0.1, -0.05) is 66.2 Å². The second-order valence-electron chi connectivity index (χ2n) is 7.14. The number of carbonyl (C=O) groups excluding carboxylic acids is 2. The van der Waals surface area contributed by atoms with E-state index in [-0.39, 0.29) is 12.5 Å². The van der Waals surface area contributed by atoms with Crippen molar-refractivity contribution in [2.45, 2.75) is 12.8 Å². The van der Waals surface area contributed by atoms with E-state index < -0.39 is 11.9 Å². The summed E-state index contributed by atoms with van der Waals surface area (Å²) < 4.78 is 5.23. The average molecular weight is 421 g/mol. The molecule has 0 saturated carbocycles. The van der Waals surface area contributed by atoms with Crippen LogP contribution >= 0.6 is 11.6 Å². The third-order valence-electron chi connectivity index (χ3n) is 5.13. The molecular weight excluding hydrogens is 400 g/mol. The molecule has 2 aromatic rings. The van der Waals surface area contributed by atoms with Crippen LogP contribution in [0.25, 0.3) is 6.08 Å². The molecule has 5 nitrogen and oxygen atoms in total. The van der Waals surface area contributed by atoms with Gasteiger partial charge in [0, 0.05) is 22.8 Å². The van der Waals surface area contributed by atoms with E-state index in [1.54, 1.807) is 12.1 Å². The zero-order valence-corrected chi connectivity index (χ0v) is 17.2. The Kier molecular flexibility index (Phi) is 5.72. The van der Waals surface area contributed by atoms with Crippen molar-refractivity contribution in [2.24, 2.45) is 0 Å². The molecule has 0 radical (unpaired) electrons. The molecule has 2 aliphatic rings. The average Bonchev–Trinajstić information content (AvgIpc) is 3.11. The smallest absolute Gasteiger partial charge is 0.337 e. The zero-order chi connectivity index (χ0) is 21.1. The number of benzene rings is 2. The van der Waals surface area contributed by atoms with E-state index in [0.717, 1.165) is 11.1 Å². The van der Waals surface area contributed by atoms with Gasteiger partial charge in [0.15, 0.2) is 0 Å². The number of esters is 1. The highest BCUT2D eigenvalue weighted by molar-refractivity contribution is 6.30. The highest BCUT2D eigenvalue weighted by Crippen LogP contribution is 2.41. The predicted octanol–water partition coefficient (Wildman–Crippen LogP) is 3.94. The summed E-state index contributed by atoms with van der Waals surface area (Å²) >= 11 is 6.19. The molecule has 0 aliphatic carbocycles. The van der Waals surface area contributed by atoms with Gasteiger partial charge in [-0.15, -0.1) is 0 Å². The highest BCUT2D eigenvalue weighted by atomic mass is 35.5. The molecule has 1 atom stereocenters. The molecule has 1 unspecified atom stereocenters. The Morgan fingerprint density at radius 2 is 2.03 bits per heavy atom. The first-order chi connectivity index (χ1) is 14.5. The molecular formula is C24H21ClN2O3. The normalized spacial score (nSPS) is 18.3. The van der Waals surface area contributed by atoms with Crippen LogP contribution in [0.4, 0.5) is 0 Å². The molecule has 0 spiro atoms. The van der Waals surface area contributed by atoms with Crippen molar-refractivity contribution in [3.8, 4) is 0 Å². The number of hydrogen-bond acceptors (Lipinski definition) is 4. The van der Waals surface area contributed by atoms with Crippen LogP contribution in [0.1, 0.15) is 24.0 Å². The molecule has 0 saturated heterocycles. The molecule has 1 amide bonds. The topological polar surface area (TPSA) is 67.4 Å². The molecule has 2 N–H and O–H groups in total. The largest absolute Gasteiger partial charge is 0.456 e. The molecule has 2 heterocycles. The number of cyclic esters (lactones) is 1. The van der Waals surface area contributed by atoms with Gasteiger partial charge in [-0.05, 0) is 30.2 Å². The zero-order valence-electron chi connectivity index (χ0n) is 16.4. The molecule has 0 bridgehead atoms. The number of amides is 1. The summed E-state index contributed by atoms with van der Waals surface area (Å²) in [4.78, 5) is 25.6. The van der Waals surface area contributed by atoms with Gasteiger partial charge in [0.1, 0.15) is 6.61 Å². The van der Waals surface area contributed by atoms with Crippen LogP contribution in [0.2, 0.25) is 5.02 Å². The molecule has 2 aromatic carbocycles. The minimum atomic E-state index is -0.534. The van der Waals surface area contributed by atoms with Gasteiger partial charge in [-0.3, -0.25) is 4.79 Å². The van der Waals surface area contributed by atoms with Crippen LogP contribution in [0.5, 0.6) is 0 Å². The Bertz CT molecular complexity index is 1090. The lowest BCUT2D eigenvalue weighted by Gasteiger charge is -2.28. The highest BCUT2D eigenvalue weighted by Gasteiger charge is 2.41. The number of rotatable bonds is 5. The van der Waals surface area contributed by atoms with Gasteiger partial charge in [0.2, 0.25) is 5.91 Å². The van der Waals surface area contributed by atoms with Crippen LogP contribution < -0.4 is 10.6 Å². The lowest BCUT2D eigenvalue weighted by molar-refractivity contribution is -0.136. The van der Waals surface area contributed by atoms with Crippen LogP contribution in [0, 0.1) is 0 Å². The van der Waals surface area contributed by atoms with Gasteiger partial charge in [0.25, 0.3) is 0 Å². The molecule has 6 heteroatoms. The Labute approximate surface area is 180 Å². The van der Waals surface area contributed by atoms with Crippen molar-refractivity contribution < 1.29 is 14.3 Å². The van der Waals surface area contributed by atoms with Crippen molar-refractivity contribution in [1.29, 1.82) is 0 Å². The van der Waals surface area contributed by atoms with Crippen molar-refractivity contribution in [2.75, 3.05) is 13.2 Å². The van der Waals surface area contributed by atoms with Crippen molar-refractivity contribution in [3.05, 3.63) is 99.4 Å². The van der Waals surface area contributed by atoms with E-state index in [2.05, 4.69) is 10.6 Å². The molecule has 152 valence electrons. The van der Waals surface area contributed by atoms with Crippen molar-refractivity contribution in [1.82, 2.24) is 10.6 Å². The quantitative estimate of drug-likeness (QED) is 0.719. The first-order valence-corrected chi connectivity index (χ1v) is 10.1. The van der Waals surface area contributed by atoms with Crippen molar-refractivity contribution >= 4 is 29.6 Å². The van der Waals surface area contributed by atoms with Gasteiger partial charge in [-0.25, -0.2) is 4.79 Å². The molecule has 2 aliphatic heterocycles. The Morgan fingerprint density at radius 1 is 1.23 bits per heavy atom. The van der Waals surface area contributed by atoms with E-state index in [1.807, 2.05) is 61.5 Å². The molecule has 0 aromatic heterocycles. The summed E-state index contributed by atoms with van der Waals surface area (Å²) in [5.41, 5.74) is 4.18. The maximum Gasteiger partial charge on any atom is 0.337 e. The third kappa shape index (κ3) is 4.02. The van der Waals surface area contributed by atoms with E-state index in [9.17, 15) is 9.59 Å². The Morgan fingerprint density at radius 3 is 2.80 bits per heavy atom. The van der Waals surface area contributed by atoms with Gasteiger partial charge in [0.05, 0.1) is 17.2 Å². The lowest BCUT2D eigenvalue weighted by Crippen LogP contribution is -2.35. The summed E-state index contributed by atoms with van der Waals surface area (Å²) in [6.07, 6.45) is 3.84. The first kappa shape index (κ1) is 20.0. The maximum absolute atomic E-state index is 13.1. The van der Waals surface area contributed by atoms with Gasteiger partial charge >= 0.3 is 5.97 Å². The van der Waals surface area contributed by atoms with Crippen LogP contribution in [-0.2, 0) is 14.3 Å². The van der Waals surface area contributed by atoms with E-state index in [4.69, 9.17) is 16.3 Å². The minimum absolute atomic E-state index is 0.178. The van der Waals surface area contributed by atoms with Crippen LogP contribution in [-0.4, -0.2) is 25.0 Å². The number of nitrogens with one attached hydrogen (secondary N) is 2. The van der Waals surface area contributed by atoms with E-state index in [0.29, 0.717) is 34.1 Å². The Hall–Kier alpha value is -3.31. The number of hydrogen-bond donors (Lipinski definition) is 2. The van der Waals surface area contributed by atoms with Gasteiger partial charge < -0.3 is 15.4 Å². The number of carbonyl (C=O) groups is 2. The van der Waals surface area contributed by atoms with E-state index >= 15 is 0 Å². The number of halogens is 1. The first-order valence-electron chi connectivity index (χ1n) is 9.68. The fourth-order valence-corrected chi connectivity index (χ4v) is 3.99.